The second kappa shape index (κ2) is 6.36. The normalized spacial score (nSPS) is 10.3. The van der Waals surface area contributed by atoms with Crippen molar-refractivity contribution in [3.63, 3.8) is 0 Å². The monoisotopic (exact) mass is 306 g/mol. The smallest absolute Gasteiger partial charge is 0.308 e. The molecule has 5 heteroatoms. The number of aromatic nitrogens is 2. The SMILES string of the molecule is Cc1cccc(NC(=O)Nc2ccc(-n3ccc(C)n3)cc2)c1. The molecule has 116 valence electrons. The largest absolute Gasteiger partial charge is 0.323 e. The van der Waals surface area contributed by atoms with E-state index in [0.29, 0.717) is 0 Å². The van der Waals surface area contributed by atoms with Gasteiger partial charge in [-0.1, -0.05) is 12.1 Å². The lowest BCUT2D eigenvalue weighted by Crippen LogP contribution is -2.19. The number of anilines is 2. The van der Waals surface area contributed by atoms with Crippen molar-refractivity contribution in [1.29, 1.82) is 0 Å². The van der Waals surface area contributed by atoms with Crippen molar-refractivity contribution in [2.45, 2.75) is 13.8 Å². The van der Waals surface area contributed by atoms with Gasteiger partial charge in [0.25, 0.3) is 0 Å². The molecule has 1 heterocycles. The van der Waals surface area contributed by atoms with Crippen LogP contribution in [0.2, 0.25) is 0 Å². The van der Waals surface area contributed by atoms with Gasteiger partial charge in [0, 0.05) is 17.6 Å². The van der Waals surface area contributed by atoms with E-state index >= 15 is 0 Å². The predicted molar refractivity (Wildman–Crippen MR) is 92.1 cm³/mol. The first kappa shape index (κ1) is 14.8. The first-order valence-electron chi connectivity index (χ1n) is 7.37. The minimum absolute atomic E-state index is 0.265. The molecular formula is C18H18N4O. The maximum atomic E-state index is 12.0. The van der Waals surface area contributed by atoms with Gasteiger partial charge in [0.2, 0.25) is 0 Å². The van der Waals surface area contributed by atoms with Crippen LogP contribution in [0.4, 0.5) is 16.2 Å². The van der Waals surface area contributed by atoms with Crippen LogP contribution in [0.3, 0.4) is 0 Å². The van der Waals surface area contributed by atoms with Crippen LogP contribution in [0, 0.1) is 13.8 Å². The maximum absolute atomic E-state index is 12.0. The zero-order valence-corrected chi connectivity index (χ0v) is 13.1. The van der Waals surface area contributed by atoms with Crippen LogP contribution in [0.5, 0.6) is 0 Å². The van der Waals surface area contributed by atoms with Gasteiger partial charge in [0.15, 0.2) is 0 Å². The van der Waals surface area contributed by atoms with Crippen LogP contribution in [-0.4, -0.2) is 15.8 Å². The number of hydrogen-bond acceptors (Lipinski definition) is 2. The molecular weight excluding hydrogens is 288 g/mol. The van der Waals surface area contributed by atoms with Crippen LogP contribution in [0.1, 0.15) is 11.3 Å². The molecule has 0 aliphatic heterocycles. The summed E-state index contributed by atoms with van der Waals surface area (Å²) < 4.78 is 1.80. The Bertz CT molecular complexity index is 821. The Morgan fingerprint density at radius 2 is 1.70 bits per heavy atom. The zero-order chi connectivity index (χ0) is 16.2. The van der Waals surface area contributed by atoms with E-state index in [0.717, 1.165) is 28.3 Å². The minimum atomic E-state index is -0.265. The number of nitrogens with zero attached hydrogens (tertiary/aromatic N) is 2. The third-order valence-corrected chi connectivity index (χ3v) is 3.39. The van der Waals surface area contributed by atoms with E-state index in [1.165, 1.54) is 0 Å². The lowest BCUT2D eigenvalue weighted by atomic mass is 10.2. The van der Waals surface area contributed by atoms with Gasteiger partial charge in [0.05, 0.1) is 11.4 Å². The fraction of sp³-hybridized carbons (Fsp3) is 0.111. The first-order valence-corrected chi connectivity index (χ1v) is 7.37. The summed E-state index contributed by atoms with van der Waals surface area (Å²) in [6.07, 6.45) is 1.90. The van der Waals surface area contributed by atoms with Gasteiger partial charge in [-0.3, -0.25) is 0 Å². The van der Waals surface area contributed by atoms with Gasteiger partial charge in [0.1, 0.15) is 0 Å². The number of rotatable bonds is 3. The number of aryl methyl sites for hydroxylation is 2. The first-order chi connectivity index (χ1) is 11.1. The highest BCUT2D eigenvalue weighted by Gasteiger charge is 2.04. The molecule has 0 radical (unpaired) electrons. The quantitative estimate of drug-likeness (QED) is 0.764. The van der Waals surface area contributed by atoms with E-state index in [1.54, 1.807) is 4.68 Å². The number of hydrogen-bond donors (Lipinski definition) is 2. The zero-order valence-electron chi connectivity index (χ0n) is 13.1. The minimum Gasteiger partial charge on any atom is -0.308 e. The Kier molecular flexibility index (Phi) is 4.10. The predicted octanol–water partition coefficient (Wildman–Crippen LogP) is 4.13. The molecule has 0 fully saturated rings. The van der Waals surface area contributed by atoms with Gasteiger partial charge in [-0.15, -0.1) is 0 Å². The molecule has 2 aromatic carbocycles. The van der Waals surface area contributed by atoms with E-state index in [1.807, 2.05) is 74.6 Å². The molecule has 0 aliphatic carbocycles. The van der Waals surface area contributed by atoms with E-state index in [2.05, 4.69) is 15.7 Å². The molecule has 0 saturated carbocycles. The van der Waals surface area contributed by atoms with E-state index in [4.69, 9.17) is 0 Å². The van der Waals surface area contributed by atoms with E-state index in [9.17, 15) is 4.79 Å². The second-order valence-electron chi connectivity index (χ2n) is 5.40. The molecule has 3 aromatic rings. The fourth-order valence-corrected chi connectivity index (χ4v) is 2.27. The summed E-state index contributed by atoms with van der Waals surface area (Å²) >= 11 is 0. The number of benzene rings is 2. The van der Waals surface area contributed by atoms with Crippen LogP contribution < -0.4 is 10.6 Å². The van der Waals surface area contributed by atoms with Crippen LogP contribution in [0.15, 0.2) is 60.8 Å². The Balaban J connectivity index is 1.65. The molecule has 1 aromatic heterocycles. The molecule has 0 spiro atoms. The van der Waals surface area contributed by atoms with Gasteiger partial charge < -0.3 is 10.6 Å². The summed E-state index contributed by atoms with van der Waals surface area (Å²) in [5.74, 6) is 0. The lowest BCUT2D eigenvalue weighted by Gasteiger charge is -2.09. The number of carbonyl (C=O) groups is 1. The van der Waals surface area contributed by atoms with Crippen molar-refractivity contribution < 1.29 is 4.79 Å². The van der Waals surface area contributed by atoms with Gasteiger partial charge in [-0.05, 0) is 61.9 Å². The Hall–Kier alpha value is -3.08. The molecule has 3 rings (SSSR count). The third kappa shape index (κ3) is 3.77. The van der Waals surface area contributed by atoms with Gasteiger partial charge in [-0.25, -0.2) is 9.48 Å². The molecule has 0 atom stereocenters. The Morgan fingerprint density at radius 1 is 0.957 bits per heavy atom. The molecule has 0 aliphatic rings. The number of urea groups is 1. The Labute approximate surface area is 135 Å². The molecule has 23 heavy (non-hydrogen) atoms. The molecule has 0 unspecified atom stereocenters. The average molecular weight is 306 g/mol. The standard InChI is InChI=1S/C18H18N4O/c1-13-4-3-5-16(12-13)20-18(23)19-15-6-8-17(9-7-15)22-11-10-14(2)21-22/h3-12H,1-2H3,(H2,19,20,23). The topological polar surface area (TPSA) is 59.0 Å². The highest BCUT2D eigenvalue weighted by atomic mass is 16.2. The van der Waals surface area contributed by atoms with Crippen molar-refractivity contribution in [3.8, 4) is 5.69 Å². The van der Waals surface area contributed by atoms with Gasteiger partial charge in [-0.2, -0.15) is 5.10 Å². The van der Waals surface area contributed by atoms with Crippen molar-refractivity contribution in [2.24, 2.45) is 0 Å². The molecule has 0 saturated heterocycles. The van der Waals surface area contributed by atoms with Crippen molar-refractivity contribution >= 4 is 17.4 Å². The van der Waals surface area contributed by atoms with Crippen molar-refractivity contribution in [2.75, 3.05) is 10.6 Å². The summed E-state index contributed by atoms with van der Waals surface area (Å²) in [6, 6.07) is 16.9. The maximum Gasteiger partial charge on any atom is 0.323 e. The van der Waals surface area contributed by atoms with Crippen molar-refractivity contribution in [1.82, 2.24) is 9.78 Å². The summed E-state index contributed by atoms with van der Waals surface area (Å²) in [5, 5.41) is 9.98. The van der Waals surface area contributed by atoms with E-state index < -0.39 is 0 Å². The number of carbonyl (C=O) groups excluding carboxylic acids is 1. The third-order valence-electron chi connectivity index (χ3n) is 3.39. The number of amides is 2. The second-order valence-corrected chi connectivity index (χ2v) is 5.40. The van der Waals surface area contributed by atoms with Crippen molar-refractivity contribution in [3.05, 3.63) is 72.1 Å². The molecule has 2 N–H and O–H groups in total. The lowest BCUT2D eigenvalue weighted by molar-refractivity contribution is 0.262. The van der Waals surface area contributed by atoms with Crippen LogP contribution >= 0.6 is 0 Å². The average Bonchev–Trinajstić information content (AvgIpc) is 2.94. The fourth-order valence-electron chi connectivity index (χ4n) is 2.27. The number of nitrogens with one attached hydrogen (secondary N) is 2. The summed E-state index contributed by atoms with van der Waals surface area (Å²) in [4.78, 5) is 12.0. The summed E-state index contributed by atoms with van der Waals surface area (Å²) in [7, 11) is 0. The highest BCUT2D eigenvalue weighted by molar-refractivity contribution is 5.99. The van der Waals surface area contributed by atoms with Crippen LogP contribution in [-0.2, 0) is 0 Å². The molecule has 5 nitrogen and oxygen atoms in total. The van der Waals surface area contributed by atoms with Crippen LogP contribution in [0.25, 0.3) is 5.69 Å². The van der Waals surface area contributed by atoms with Gasteiger partial charge >= 0.3 is 6.03 Å². The molecule has 2 amide bonds. The molecule has 0 bridgehead atoms. The highest BCUT2D eigenvalue weighted by Crippen LogP contribution is 2.14. The van der Waals surface area contributed by atoms with E-state index in [-0.39, 0.29) is 6.03 Å². The summed E-state index contributed by atoms with van der Waals surface area (Å²) in [5.41, 5.74) is 4.50. The summed E-state index contributed by atoms with van der Waals surface area (Å²) in [6.45, 7) is 3.93. The Morgan fingerprint density at radius 3 is 2.35 bits per heavy atom.